The van der Waals surface area contributed by atoms with E-state index in [1.54, 1.807) is 29.3 Å². The first-order valence-electron chi connectivity index (χ1n) is 9.94. The highest BCUT2D eigenvalue weighted by Crippen LogP contribution is 2.34. The summed E-state index contributed by atoms with van der Waals surface area (Å²) in [6, 6.07) is 5.63. The van der Waals surface area contributed by atoms with Crippen LogP contribution in [0.1, 0.15) is 40.0 Å². The smallest absolute Gasteiger partial charge is 0.257 e. The van der Waals surface area contributed by atoms with Gasteiger partial charge in [-0.15, -0.1) is 0 Å². The van der Waals surface area contributed by atoms with Gasteiger partial charge in [-0.2, -0.15) is 0 Å². The third-order valence-electron chi connectivity index (χ3n) is 5.86. The predicted molar refractivity (Wildman–Crippen MR) is 113 cm³/mol. The summed E-state index contributed by atoms with van der Waals surface area (Å²) < 4.78 is 26.3. The number of amides is 1. The molecule has 1 fully saturated rings. The van der Waals surface area contributed by atoms with E-state index in [2.05, 4.69) is 9.97 Å². The SMILES string of the molecule is C[C@@H]1COC[C@H](c2ccc(Cl)nc2)N1C(=O)c1cc2c3c(c(N)nc2cc1F)COC3. The van der Waals surface area contributed by atoms with Crippen molar-refractivity contribution >= 4 is 34.2 Å². The largest absolute Gasteiger partial charge is 0.383 e. The number of carbonyl (C=O) groups is 1. The van der Waals surface area contributed by atoms with E-state index >= 15 is 4.39 Å². The molecule has 2 atom stereocenters. The summed E-state index contributed by atoms with van der Waals surface area (Å²) in [6.45, 7) is 3.23. The molecule has 5 rings (SSSR count). The topological polar surface area (TPSA) is 90.6 Å². The van der Waals surface area contributed by atoms with Crippen molar-refractivity contribution < 1.29 is 18.7 Å². The van der Waals surface area contributed by atoms with Crippen LogP contribution in [0, 0.1) is 5.82 Å². The number of nitrogen functional groups attached to an aromatic ring is 1. The van der Waals surface area contributed by atoms with Gasteiger partial charge in [0, 0.05) is 23.2 Å². The summed E-state index contributed by atoms with van der Waals surface area (Å²) in [7, 11) is 0. The average molecular weight is 443 g/mol. The Labute approximate surface area is 182 Å². The number of fused-ring (bicyclic) bond motifs is 3. The molecular formula is C22H20ClFN4O3. The molecule has 3 aromatic rings. The van der Waals surface area contributed by atoms with Gasteiger partial charge >= 0.3 is 0 Å². The fraction of sp³-hybridized carbons (Fsp3) is 0.318. The van der Waals surface area contributed by atoms with Gasteiger partial charge in [-0.3, -0.25) is 4.79 Å². The van der Waals surface area contributed by atoms with Gasteiger partial charge in [0.15, 0.2) is 0 Å². The molecule has 0 saturated carbocycles. The van der Waals surface area contributed by atoms with Crippen LogP contribution >= 0.6 is 11.6 Å². The number of anilines is 1. The lowest BCUT2D eigenvalue weighted by Crippen LogP contribution is -2.49. The maximum Gasteiger partial charge on any atom is 0.257 e. The van der Waals surface area contributed by atoms with Crippen LogP contribution in [0.15, 0.2) is 30.5 Å². The number of nitrogens with zero attached hydrogens (tertiary/aromatic N) is 3. The summed E-state index contributed by atoms with van der Waals surface area (Å²) >= 11 is 5.91. The number of rotatable bonds is 2. The van der Waals surface area contributed by atoms with Gasteiger partial charge in [0.25, 0.3) is 5.91 Å². The van der Waals surface area contributed by atoms with Crippen molar-refractivity contribution in [2.75, 3.05) is 18.9 Å². The molecule has 1 saturated heterocycles. The molecule has 0 bridgehead atoms. The first-order chi connectivity index (χ1) is 14.9. The minimum Gasteiger partial charge on any atom is -0.383 e. The molecule has 0 radical (unpaired) electrons. The average Bonchev–Trinajstić information content (AvgIpc) is 3.24. The second-order valence-electron chi connectivity index (χ2n) is 7.83. The molecule has 4 heterocycles. The lowest BCUT2D eigenvalue weighted by Gasteiger charge is -2.40. The molecule has 7 nitrogen and oxygen atoms in total. The maximum atomic E-state index is 15.1. The van der Waals surface area contributed by atoms with Gasteiger partial charge < -0.3 is 20.1 Å². The Hall–Kier alpha value is -2.81. The molecule has 2 aromatic heterocycles. The number of ether oxygens (including phenoxy) is 2. The summed E-state index contributed by atoms with van der Waals surface area (Å²) in [5, 5.41) is 1.03. The van der Waals surface area contributed by atoms with Gasteiger partial charge in [0.2, 0.25) is 0 Å². The number of aromatic nitrogens is 2. The second kappa shape index (κ2) is 7.71. The van der Waals surface area contributed by atoms with Crippen LogP contribution in [0.2, 0.25) is 5.15 Å². The Morgan fingerprint density at radius 3 is 2.81 bits per heavy atom. The van der Waals surface area contributed by atoms with Crippen LogP contribution < -0.4 is 5.73 Å². The molecule has 0 aliphatic carbocycles. The minimum atomic E-state index is -0.644. The van der Waals surface area contributed by atoms with Crippen LogP contribution in [0.5, 0.6) is 0 Å². The van der Waals surface area contributed by atoms with Crippen LogP contribution in [0.3, 0.4) is 0 Å². The highest BCUT2D eigenvalue weighted by molar-refractivity contribution is 6.29. The zero-order valence-corrected chi connectivity index (χ0v) is 17.5. The number of carbonyl (C=O) groups excluding carboxylic acids is 1. The maximum absolute atomic E-state index is 15.1. The quantitative estimate of drug-likeness (QED) is 0.609. The van der Waals surface area contributed by atoms with Crippen LogP contribution in [-0.4, -0.2) is 40.0 Å². The Balaban J connectivity index is 1.59. The fourth-order valence-corrected chi connectivity index (χ4v) is 4.41. The summed E-state index contributed by atoms with van der Waals surface area (Å²) in [6.07, 6.45) is 1.61. The first kappa shape index (κ1) is 20.1. The summed E-state index contributed by atoms with van der Waals surface area (Å²) in [5.74, 6) is -0.731. The van der Waals surface area contributed by atoms with Gasteiger partial charge in [-0.05, 0) is 30.2 Å². The number of nitrogens with two attached hydrogens (primary N) is 1. The number of hydrogen-bond donors (Lipinski definition) is 1. The highest BCUT2D eigenvalue weighted by Gasteiger charge is 2.36. The number of hydrogen-bond acceptors (Lipinski definition) is 6. The van der Waals surface area contributed by atoms with Crippen molar-refractivity contribution in [3.05, 3.63) is 63.7 Å². The lowest BCUT2D eigenvalue weighted by molar-refractivity contribution is -0.0318. The summed E-state index contributed by atoms with van der Waals surface area (Å²) in [5.41, 5.74) is 8.80. The van der Waals surface area contributed by atoms with E-state index in [9.17, 15) is 4.79 Å². The molecule has 160 valence electrons. The number of morpholine rings is 1. The van der Waals surface area contributed by atoms with Crippen molar-refractivity contribution in [2.24, 2.45) is 0 Å². The molecule has 2 N–H and O–H groups in total. The molecule has 0 unspecified atom stereocenters. The molecule has 0 spiro atoms. The number of pyridine rings is 2. The Morgan fingerprint density at radius 1 is 1.23 bits per heavy atom. The van der Waals surface area contributed by atoms with Gasteiger partial charge in [-0.25, -0.2) is 14.4 Å². The van der Waals surface area contributed by atoms with Crippen LogP contribution in [-0.2, 0) is 22.7 Å². The molecule has 1 amide bonds. The van der Waals surface area contributed by atoms with Gasteiger partial charge in [-0.1, -0.05) is 17.7 Å². The van der Waals surface area contributed by atoms with E-state index in [4.69, 9.17) is 26.8 Å². The Morgan fingerprint density at radius 2 is 2.03 bits per heavy atom. The van der Waals surface area contributed by atoms with Crippen LogP contribution in [0.25, 0.3) is 10.9 Å². The molecular weight excluding hydrogens is 423 g/mol. The van der Waals surface area contributed by atoms with Gasteiger partial charge in [0.1, 0.15) is 16.8 Å². The van der Waals surface area contributed by atoms with Crippen molar-refractivity contribution in [1.29, 1.82) is 0 Å². The molecule has 31 heavy (non-hydrogen) atoms. The first-order valence-corrected chi connectivity index (χ1v) is 10.3. The zero-order valence-electron chi connectivity index (χ0n) is 16.8. The summed E-state index contributed by atoms with van der Waals surface area (Å²) in [4.78, 5) is 23.7. The monoisotopic (exact) mass is 442 g/mol. The van der Waals surface area contributed by atoms with Crippen molar-refractivity contribution in [3.63, 3.8) is 0 Å². The van der Waals surface area contributed by atoms with Crippen LogP contribution in [0.4, 0.5) is 10.2 Å². The Kier molecular flexibility index (Phi) is 5.00. The Bertz CT molecular complexity index is 1190. The van der Waals surface area contributed by atoms with E-state index < -0.39 is 17.8 Å². The molecule has 2 aliphatic heterocycles. The fourth-order valence-electron chi connectivity index (χ4n) is 4.30. The van der Waals surface area contributed by atoms with Crippen molar-refractivity contribution in [1.82, 2.24) is 14.9 Å². The molecule has 9 heteroatoms. The zero-order chi connectivity index (χ0) is 21.7. The van der Waals surface area contributed by atoms with E-state index in [-0.39, 0.29) is 18.2 Å². The normalized spacial score (nSPS) is 20.8. The highest BCUT2D eigenvalue weighted by atomic mass is 35.5. The van der Waals surface area contributed by atoms with Gasteiger partial charge in [0.05, 0.1) is 49.6 Å². The lowest BCUT2D eigenvalue weighted by atomic mass is 9.99. The standard InChI is InChI=1S/C22H20ClFN4O3/c1-11-7-30-10-19(12-2-3-20(23)26-6-12)28(11)22(29)14-4-13-15-8-31-9-16(15)21(25)27-18(13)5-17(14)24/h2-6,11,19H,7-10H2,1H3,(H2,25,27)/t11-,19-/m1/s1. The van der Waals surface area contributed by atoms with E-state index in [1.807, 2.05) is 6.92 Å². The third-order valence-corrected chi connectivity index (χ3v) is 6.09. The molecule has 2 aliphatic rings. The van der Waals surface area contributed by atoms with E-state index in [1.165, 1.54) is 6.07 Å². The van der Waals surface area contributed by atoms with E-state index in [0.717, 1.165) is 16.7 Å². The van der Waals surface area contributed by atoms with Crippen molar-refractivity contribution in [2.45, 2.75) is 32.2 Å². The number of benzene rings is 1. The van der Waals surface area contributed by atoms with Crippen molar-refractivity contribution in [3.8, 4) is 0 Å². The minimum absolute atomic E-state index is 0.0196. The molecule has 1 aromatic carbocycles. The predicted octanol–water partition coefficient (Wildman–Crippen LogP) is 3.64. The second-order valence-corrected chi connectivity index (χ2v) is 8.21. The third kappa shape index (κ3) is 3.40. The van der Waals surface area contributed by atoms with E-state index in [0.29, 0.717) is 41.7 Å². The number of halogens is 2.